The monoisotopic (exact) mass is 482 g/mol. The molecule has 1 aliphatic heterocycles. The average molecular weight is 483 g/mol. The molecule has 0 atom stereocenters. The van der Waals surface area contributed by atoms with Gasteiger partial charge in [0.15, 0.2) is 5.82 Å². The lowest BCUT2D eigenvalue weighted by atomic mass is 10.0. The van der Waals surface area contributed by atoms with Crippen LogP contribution in [0, 0.1) is 0 Å². The molecular weight excluding hydrogens is 452 g/mol. The number of benzene rings is 2. The molecule has 0 unspecified atom stereocenters. The first-order valence-electron chi connectivity index (χ1n) is 12.6. The molecule has 2 aromatic carbocycles. The van der Waals surface area contributed by atoms with E-state index in [1.807, 2.05) is 30.3 Å². The third-order valence-corrected chi connectivity index (χ3v) is 6.89. The summed E-state index contributed by atoms with van der Waals surface area (Å²) in [5.41, 5.74) is 11.6. The van der Waals surface area contributed by atoms with Crippen LogP contribution in [0.2, 0.25) is 0 Å². The maximum atomic E-state index is 6.29. The van der Waals surface area contributed by atoms with Gasteiger partial charge >= 0.3 is 0 Å². The molecule has 6 rings (SSSR count). The summed E-state index contributed by atoms with van der Waals surface area (Å²) in [5, 5.41) is 7.87. The maximum absolute atomic E-state index is 6.29. The van der Waals surface area contributed by atoms with Crippen molar-refractivity contribution in [3.8, 4) is 22.8 Å². The van der Waals surface area contributed by atoms with Gasteiger partial charge in [-0.1, -0.05) is 24.3 Å². The summed E-state index contributed by atoms with van der Waals surface area (Å²) >= 11 is 0. The Bertz CT molecular complexity index is 1340. The molecule has 184 valence electrons. The minimum atomic E-state index is 0.276. The lowest BCUT2D eigenvalue weighted by molar-refractivity contribution is 0.238. The Morgan fingerprint density at radius 3 is 2.64 bits per heavy atom. The highest BCUT2D eigenvalue weighted by Gasteiger charge is 2.22. The van der Waals surface area contributed by atoms with Gasteiger partial charge in [0, 0.05) is 23.4 Å². The third kappa shape index (κ3) is 4.61. The summed E-state index contributed by atoms with van der Waals surface area (Å²) in [6, 6.07) is 16.2. The van der Waals surface area contributed by atoms with Crippen molar-refractivity contribution in [2.75, 3.05) is 37.3 Å². The number of likely N-dealkylation sites (tertiary alicyclic amines) is 1. The topological polar surface area (TPSA) is 107 Å². The molecule has 0 radical (unpaired) electrons. The molecule has 0 spiro atoms. The minimum Gasteiger partial charge on any atom is -0.492 e. The van der Waals surface area contributed by atoms with Gasteiger partial charge < -0.3 is 15.8 Å². The van der Waals surface area contributed by atoms with E-state index in [9.17, 15) is 0 Å². The summed E-state index contributed by atoms with van der Waals surface area (Å²) in [6.07, 6.45) is 7.03. The highest BCUT2D eigenvalue weighted by Crippen LogP contribution is 2.33. The van der Waals surface area contributed by atoms with Crippen LogP contribution in [0.4, 0.5) is 17.6 Å². The van der Waals surface area contributed by atoms with Gasteiger partial charge in [0.05, 0.1) is 5.69 Å². The first kappa shape index (κ1) is 22.5. The summed E-state index contributed by atoms with van der Waals surface area (Å²) in [5.74, 6) is 2.22. The number of rotatable bonds is 7. The molecule has 2 aliphatic rings. The van der Waals surface area contributed by atoms with Gasteiger partial charge in [-0.3, -0.25) is 4.90 Å². The molecule has 1 aliphatic carbocycles. The Balaban J connectivity index is 1.18. The Hall–Kier alpha value is -3.98. The van der Waals surface area contributed by atoms with E-state index in [0.717, 1.165) is 54.1 Å². The Labute approximate surface area is 210 Å². The fourth-order valence-corrected chi connectivity index (χ4v) is 5.07. The van der Waals surface area contributed by atoms with Crippen molar-refractivity contribution in [1.82, 2.24) is 29.6 Å². The Morgan fingerprint density at radius 1 is 0.944 bits per heavy atom. The van der Waals surface area contributed by atoms with Gasteiger partial charge in [0.1, 0.15) is 18.7 Å². The molecule has 4 aromatic rings. The molecule has 36 heavy (non-hydrogen) atoms. The standard InChI is InChI=1S/C27H30N8O/c28-26-32-27(31-20-10-12-21(13-11-20)36-17-16-34-14-3-4-15-34)33-35(26)25-23-9-5-7-19-6-1-2-8-22(19)24(23)29-18-30-25/h1-2,6,8,10-13,18H,3-5,7,9,14-17H2,(H3,28,31,32,33). The number of anilines is 3. The van der Waals surface area contributed by atoms with Crippen molar-refractivity contribution in [3.63, 3.8) is 0 Å². The van der Waals surface area contributed by atoms with Gasteiger partial charge in [0.2, 0.25) is 11.9 Å². The zero-order chi connectivity index (χ0) is 24.3. The Morgan fingerprint density at radius 2 is 1.78 bits per heavy atom. The van der Waals surface area contributed by atoms with E-state index >= 15 is 0 Å². The molecule has 0 amide bonds. The first-order chi connectivity index (χ1) is 17.7. The highest BCUT2D eigenvalue weighted by molar-refractivity contribution is 5.70. The number of hydrogen-bond donors (Lipinski definition) is 2. The van der Waals surface area contributed by atoms with Gasteiger partial charge in [-0.05, 0) is 75.0 Å². The summed E-state index contributed by atoms with van der Waals surface area (Å²) in [6.45, 7) is 4.03. The molecule has 3 N–H and O–H groups in total. The fraction of sp³-hybridized carbons (Fsp3) is 0.333. The molecule has 2 aromatic heterocycles. The maximum Gasteiger partial charge on any atom is 0.248 e. The fourth-order valence-electron chi connectivity index (χ4n) is 5.07. The normalized spacial score (nSPS) is 15.2. The third-order valence-electron chi connectivity index (χ3n) is 6.89. The van der Waals surface area contributed by atoms with Crippen molar-refractivity contribution >= 4 is 17.6 Å². The van der Waals surface area contributed by atoms with Crippen molar-refractivity contribution in [2.45, 2.75) is 32.1 Å². The Kier molecular flexibility index (Phi) is 6.21. The average Bonchev–Trinajstić information content (AvgIpc) is 3.50. The SMILES string of the molecule is Nc1nc(Nc2ccc(OCCN3CCCC3)cc2)nn1-c1ncnc2c1CCCc1ccccc1-2. The van der Waals surface area contributed by atoms with Gasteiger partial charge in [-0.15, -0.1) is 5.10 Å². The molecule has 9 nitrogen and oxygen atoms in total. The second kappa shape index (κ2) is 9.94. The zero-order valence-electron chi connectivity index (χ0n) is 20.2. The van der Waals surface area contributed by atoms with Crippen LogP contribution < -0.4 is 15.8 Å². The number of nitrogens with one attached hydrogen (secondary N) is 1. The van der Waals surface area contributed by atoms with Crippen LogP contribution in [0.25, 0.3) is 17.1 Å². The van der Waals surface area contributed by atoms with Crippen LogP contribution in [0.1, 0.15) is 30.4 Å². The van der Waals surface area contributed by atoms with Crippen LogP contribution >= 0.6 is 0 Å². The predicted molar refractivity (Wildman–Crippen MR) is 140 cm³/mol. The summed E-state index contributed by atoms with van der Waals surface area (Å²) in [4.78, 5) is 16.0. The molecule has 1 saturated heterocycles. The lowest BCUT2D eigenvalue weighted by Crippen LogP contribution is -2.25. The molecule has 0 bridgehead atoms. The summed E-state index contributed by atoms with van der Waals surface area (Å²) in [7, 11) is 0. The number of nitrogens with two attached hydrogens (primary N) is 1. The van der Waals surface area contributed by atoms with E-state index in [0.29, 0.717) is 18.4 Å². The predicted octanol–water partition coefficient (Wildman–Crippen LogP) is 4.01. The number of hydrogen-bond acceptors (Lipinski definition) is 8. The van der Waals surface area contributed by atoms with Crippen molar-refractivity contribution in [2.24, 2.45) is 0 Å². The lowest BCUT2D eigenvalue weighted by Gasteiger charge is -2.15. The van der Waals surface area contributed by atoms with E-state index in [1.165, 1.54) is 31.5 Å². The zero-order valence-corrected chi connectivity index (χ0v) is 20.2. The second-order valence-corrected chi connectivity index (χ2v) is 9.29. The van der Waals surface area contributed by atoms with Crippen LogP contribution in [-0.2, 0) is 12.8 Å². The number of nitrogen functional groups attached to an aromatic ring is 1. The smallest absolute Gasteiger partial charge is 0.248 e. The van der Waals surface area contributed by atoms with Crippen LogP contribution in [0.15, 0.2) is 54.9 Å². The highest BCUT2D eigenvalue weighted by atomic mass is 16.5. The second-order valence-electron chi connectivity index (χ2n) is 9.29. The van der Waals surface area contributed by atoms with E-state index in [4.69, 9.17) is 10.5 Å². The number of aryl methyl sites for hydroxylation is 1. The molecular formula is C27H30N8O. The van der Waals surface area contributed by atoms with Gasteiger partial charge in [0.25, 0.3) is 0 Å². The molecule has 0 saturated carbocycles. The number of ether oxygens (including phenoxy) is 1. The first-order valence-corrected chi connectivity index (χ1v) is 12.6. The van der Waals surface area contributed by atoms with E-state index in [-0.39, 0.29) is 5.95 Å². The number of aromatic nitrogens is 5. The number of nitrogens with zero attached hydrogens (tertiary/aromatic N) is 6. The largest absolute Gasteiger partial charge is 0.492 e. The van der Waals surface area contributed by atoms with Gasteiger partial charge in [-0.2, -0.15) is 9.67 Å². The molecule has 3 heterocycles. The van der Waals surface area contributed by atoms with Crippen molar-refractivity contribution in [3.05, 3.63) is 66.0 Å². The van der Waals surface area contributed by atoms with Crippen LogP contribution in [0.3, 0.4) is 0 Å². The van der Waals surface area contributed by atoms with Crippen molar-refractivity contribution < 1.29 is 4.74 Å². The number of fused-ring (bicyclic) bond motifs is 3. The van der Waals surface area contributed by atoms with E-state index in [2.05, 4.69) is 48.5 Å². The van der Waals surface area contributed by atoms with Crippen LogP contribution in [0.5, 0.6) is 5.75 Å². The minimum absolute atomic E-state index is 0.276. The summed E-state index contributed by atoms with van der Waals surface area (Å²) < 4.78 is 7.51. The van der Waals surface area contributed by atoms with Crippen molar-refractivity contribution in [1.29, 1.82) is 0 Å². The van der Waals surface area contributed by atoms with E-state index in [1.54, 1.807) is 11.0 Å². The molecule has 1 fully saturated rings. The molecule has 9 heteroatoms. The van der Waals surface area contributed by atoms with Gasteiger partial charge in [-0.25, -0.2) is 9.97 Å². The van der Waals surface area contributed by atoms with E-state index < -0.39 is 0 Å². The quantitative estimate of drug-likeness (QED) is 0.407. The van der Waals surface area contributed by atoms with Crippen LogP contribution in [-0.4, -0.2) is 55.9 Å².